The van der Waals surface area contributed by atoms with Crippen LogP contribution >= 0.6 is 11.8 Å². The third-order valence-corrected chi connectivity index (χ3v) is 6.12. The smallest absolute Gasteiger partial charge is 0.416 e. The molecule has 0 spiro atoms. The van der Waals surface area contributed by atoms with Crippen molar-refractivity contribution in [3.63, 3.8) is 0 Å². The molecule has 2 aromatic heterocycles. The van der Waals surface area contributed by atoms with Crippen LogP contribution in [0.2, 0.25) is 0 Å². The molecule has 13 heteroatoms. The van der Waals surface area contributed by atoms with Gasteiger partial charge in [0.1, 0.15) is 0 Å². The number of carboxylic acids is 2. The van der Waals surface area contributed by atoms with E-state index >= 15 is 0 Å². The highest BCUT2D eigenvalue weighted by atomic mass is 32.2. The molecule has 0 aliphatic carbocycles. The molecule has 3 aromatic rings. The summed E-state index contributed by atoms with van der Waals surface area (Å²) in [6.07, 6.45) is -1.24. The number of carbonyl (C=O) groups is 2. The number of hydrogen-bond acceptors (Lipinski definition) is 7. The van der Waals surface area contributed by atoms with E-state index in [1.165, 1.54) is 12.1 Å². The summed E-state index contributed by atoms with van der Waals surface area (Å²) >= 11 is 1.66. The maximum Gasteiger partial charge on any atom is 0.416 e. The number of hydrogen-bond donors (Lipinski definition) is 2. The highest BCUT2D eigenvalue weighted by Gasteiger charge is 2.31. The van der Waals surface area contributed by atoms with Crippen LogP contribution in [-0.4, -0.2) is 80.1 Å². The molecular weight excluding hydrogens is 499 g/mol. The molecule has 0 amide bonds. The number of alkyl halides is 3. The number of carboxylic acid groups (broad SMARTS) is 2. The zero-order valence-electron chi connectivity index (χ0n) is 19.0. The molecule has 2 N–H and O–H groups in total. The number of fused-ring (bicyclic) bond motifs is 1. The van der Waals surface area contributed by atoms with Gasteiger partial charge in [0.2, 0.25) is 0 Å². The topological polar surface area (TPSA) is 111 Å². The van der Waals surface area contributed by atoms with Crippen molar-refractivity contribution < 1.29 is 33.0 Å². The van der Waals surface area contributed by atoms with Gasteiger partial charge in [-0.15, -0.1) is 10.2 Å². The molecular formula is C23H24F3N5O4S. The van der Waals surface area contributed by atoms with E-state index in [4.69, 9.17) is 10.2 Å². The lowest BCUT2D eigenvalue weighted by molar-refractivity contribution is -0.137. The average molecular weight is 524 g/mol. The predicted molar refractivity (Wildman–Crippen MR) is 128 cm³/mol. The third-order valence-electron chi connectivity index (χ3n) is 5.20. The minimum absolute atomic E-state index is 0.558. The van der Waals surface area contributed by atoms with Crippen LogP contribution in [0.15, 0.2) is 66.0 Å². The summed E-state index contributed by atoms with van der Waals surface area (Å²) in [6, 6.07) is 11.4. The first-order valence-electron chi connectivity index (χ1n) is 10.8. The number of aromatic nitrogens is 3. The quantitative estimate of drug-likeness (QED) is 0.356. The zero-order chi connectivity index (χ0) is 26.1. The van der Waals surface area contributed by atoms with Crippen LogP contribution in [0.25, 0.3) is 5.65 Å². The number of piperazine rings is 1. The van der Waals surface area contributed by atoms with Crippen molar-refractivity contribution in [2.45, 2.75) is 11.3 Å². The van der Waals surface area contributed by atoms with Gasteiger partial charge in [0.15, 0.2) is 10.8 Å². The van der Waals surface area contributed by atoms with Gasteiger partial charge in [-0.25, -0.2) is 9.59 Å². The van der Waals surface area contributed by atoms with Gasteiger partial charge in [-0.2, -0.15) is 13.2 Å². The fourth-order valence-electron chi connectivity index (χ4n) is 3.44. The number of anilines is 1. The molecule has 0 radical (unpaired) electrons. The van der Waals surface area contributed by atoms with Crippen molar-refractivity contribution in [1.29, 1.82) is 0 Å². The molecule has 0 unspecified atom stereocenters. The Balaban J connectivity index is 0.000000392. The first-order chi connectivity index (χ1) is 17.1. The van der Waals surface area contributed by atoms with Crippen molar-refractivity contribution in [2.24, 2.45) is 0 Å². The van der Waals surface area contributed by atoms with Crippen molar-refractivity contribution in [2.75, 3.05) is 43.4 Å². The first-order valence-corrected chi connectivity index (χ1v) is 11.8. The Morgan fingerprint density at radius 1 is 0.972 bits per heavy atom. The maximum atomic E-state index is 12.9. The minimum Gasteiger partial charge on any atom is -0.478 e. The average Bonchev–Trinajstić information content (AvgIpc) is 3.26. The number of halogens is 3. The fourth-order valence-corrected chi connectivity index (χ4v) is 4.36. The Morgan fingerprint density at radius 2 is 1.67 bits per heavy atom. The summed E-state index contributed by atoms with van der Waals surface area (Å²) in [7, 11) is 0. The Kier molecular flexibility index (Phi) is 9.31. The van der Waals surface area contributed by atoms with E-state index in [-0.39, 0.29) is 0 Å². The lowest BCUT2D eigenvalue weighted by atomic mass is 10.1. The molecule has 1 aliphatic heterocycles. The second-order valence-corrected chi connectivity index (χ2v) is 8.71. The van der Waals surface area contributed by atoms with Crippen LogP contribution in [0, 0.1) is 0 Å². The van der Waals surface area contributed by atoms with Gasteiger partial charge in [0.05, 0.1) is 5.56 Å². The molecule has 192 valence electrons. The van der Waals surface area contributed by atoms with E-state index in [1.54, 1.807) is 17.8 Å². The fraction of sp³-hybridized carbons (Fsp3) is 0.304. The second-order valence-electron chi connectivity index (χ2n) is 7.65. The number of pyridine rings is 1. The number of thioether (sulfide) groups is 1. The van der Waals surface area contributed by atoms with E-state index in [1.807, 2.05) is 33.7 Å². The molecule has 0 atom stereocenters. The predicted octanol–water partition coefficient (Wildman–Crippen LogP) is 3.37. The number of aliphatic carboxylic acids is 2. The molecule has 1 aliphatic rings. The van der Waals surface area contributed by atoms with Gasteiger partial charge in [-0.3, -0.25) is 9.30 Å². The lowest BCUT2D eigenvalue weighted by Crippen LogP contribution is -2.47. The van der Waals surface area contributed by atoms with Crippen molar-refractivity contribution in [3.8, 4) is 0 Å². The summed E-state index contributed by atoms with van der Waals surface area (Å²) in [5, 5.41) is 24.9. The van der Waals surface area contributed by atoms with Crippen LogP contribution in [-0.2, 0) is 15.8 Å². The highest BCUT2D eigenvalue weighted by Crippen LogP contribution is 2.31. The molecule has 36 heavy (non-hydrogen) atoms. The van der Waals surface area contributed by atoms with Crippen LogP contribution < -0.4 is 4.90 Å². The van der Waals surface area contributed by atoms with Crippen molar-refractivity contribution in [1.82, 2.24) is 19.5 Å². The van der Waals surface area contributed by atoms with Gasteiger partial charge in [0.25, 0.3) is 0 Å². The normalized spacial score (nSPS) is 14.6. The van der Waals surface area contributed by atoms with Crippen LogP contribution in [0.1, 0.15) is 5.56 Å². The largest absolute Gasteiger partial charge is 0.478 e. The van der Waals surface area contributed by atoms with Gasteiger partial charge < -0.3 is 15.1 Å². The van der Waals surface area contributed by atoms with Crippen molar-refractivity contribution in [3.05, 3.63) is 66.4 Å². The summed E-state index contributed by atoms with van der Waals surface area (Å²) in [4.78, 5) is 23.5. The molecule has 1 fully saturated rings. The minimum atomic E-state index is -4.30. The third kappa shape index (κ3) is 7.99. The summed E-state index contributed by atoms with van der Waals surface area (Å²) in [6.45, 7) is 4.01. The van der Waals surface area contributed by atoms with Crippen LogP contribution in [0.5, 0.6) is 0 Å². The Hall–Kier alpha value is -3.58. The van der Waals surface area contributed by atoms with E-state index in [2.05, 4.69) is 15.1 Å². The summed E-state index contributed by atoms with van der Waals surface area (Å²) in [5.41, 5.74) is 0.878. The maximum absolute atomic E-state index is 12.9. The van der Waals surface area contributed by atoms with Crippen LogP contribution in [0.4, 0.5) is 18.9 Å². The van der Waals surface area contributed by atoms with Gasteiger partial charge in [-0.05, 0) is 30.3 Å². The molecule has 1 saturated heterocycles. The van der Waals surface area contributed by atoms with Gasteiger partial charge in [0, 0.05) is 62.5 Å². The standard InChI is InChI=1S/C19H20F3N5S.C4H4O4/c20-19(21,22)15-4-3-5-16(14-15)26-10-8-25(9-11-26)12-13-28-18-24-23-17-6-1-2-7-27(17)18;5-3(6)1-2-4(7)8/h1-7,14H,8-13H2;1-2H,(H,5,6)(H,7,8)/b;2-1-. The highest BCUT2D eigenvalue weighted by molar-refractivity contribution is 7.99. The van der Waals surface area contributed by atoms with Gasteiger partial charge >= 0.3 is 18.1 Å². The van der Waals surface area contributed by atoms with Crippen LogP contribution in [0.3, 0.4) is 0 Å². The molecule has 0 bridgehead atoms. The second kappa shape index (κ2) is 12.4. The molecule has 1 aromatic carbocycles. The molecule has 3 heterocycles. The SMILES string of the molecule is FC(F)(F)c1cccc(N2CCN(CCSc3nnc4ccccn34)CC2)c1.O=C(O)/C=C\C(=O)O. The molecule has 9 nitrogen and oxygen atoms in total. The van der Waals surface area contributed by atoms with E-state index in [9.17, 15) is 22.8 Å². The van der Waals surface area contributed by atoms with Gasteiger partial charge in [-0.1, -0.05) is 23.9 Å². The van der Waals surface area contributed by atoms with E-state index < -0.39 is 23.7 Å². The molecule has 0 saturated carbocycles. The number of rotatable bonds is 7. The Morgan fingerprint density at radius 3 is 2.31 bits per heavy atom. The first kappa shape index (κ1) is 27.0. The number of benzene rings is 1. The summed E-state index contributed by atoms with van der Waals surface area (Å²) in [5.74, 6) is -1.63. The van der Waals surface area contributed by atoms with E-state index in [0.29, 0.717) is 17.8 Å². The monoisotopic (exact) mass is 523 g/mol. The zero-order valence-corrected chi connectivity index (χ0v) is 19.8. The van der Waals surface area contributed by atoms with Crippen molar-refractivity contribution >= 4 is 35.0 Å². The number of nitrogens with zero attached hydrogens (tertiary/aromatic N) is 5. The molecule has 4 rings (SSSR count). The Bertz CT molecular complexity index is 1190. The Labute approximate surface area is 208 Å². The summed E-state index contributed by atoms with van der Waals surface area (Å²) < 4.78 is 40.7. The van der Waals surface area contributed by atoms with E-state index in [0.717, 1.165) is 55.3 Å². The lowest BCUT2D eigenvalue weighted by Gasteiger charge is -2.36.